The van der Waals surface area contributed by atoms with Crippen LogP contribution < -0.4 is 0 Å². The molecular weight excluding hydrogens is 314 g/mol. The molecule has 0 unspecified atom stereocenters. The van der Waals surface area contributed by atoms with Gasteiger partial charge in [0.15, 0.2) is 0 Å². The smallest absolute Gasteiger partial charge is 0.257 e. The SMILES string of the molecule is CCn1cc(C(=O)N2CCC(Cc3nc4ccccc4[nH]3)CC2)cn1. The van der Waals surface area contributed by atoms with Gasteiger partial charge in [-0.05, 0) is 37.8 Å². The number of likely N-dealkylation sites (tertiary alicyclic amines) is 1. The third kappa shape index (κ3) is 3.29. The third-order valence-electron chi connectivity index (χ3n) is 5.03. The molecule has 1 N–H and O–H groups in total. The van der Waals surface area contributed by atoms with E-state index >= 15 is 0 Å². The molecule has 0 radical (unpaired) electrons. The van der Waals surface area contributed by atoms with E-state index in [2.05, 4.69) is 21.1 Å². The Morgan fingerprint density at radius 2 is 2.08 bits per heavy atom. The molecule has 0 spiro atoms. The summed E-state index contributed by atoms with van der Waals surface area (Å²) in [5.74, 6) is 1.72. The molecule has 3 heterocycles. The monoisotopic (exact) mass is 337 g/mol. The number of fused-ring (bicyclic) bond motifs is 1. The van der Waals surface area contributed by atoms with Crippen LogP contribution in [-0.2, 0) is 13.0 Å². The van der Waals surface area contributed by atoms with Crippen LogP contribution in [0.1, 0.15) is 35.9 Å². The van der Waals surface area contributed by atoms with Crippen LogP contribution >= 0.6 is 0 Å². The molecule has 3 aromatic rings. The van der Waals surface area contributed by atoms with E-state index in [1.807, 2.05) is 36.2 Å². The van der Waals surface area contributed by atoms with Crippen LogP contribution in [0.2, 0.25) is 0 Å². The Balaban J connectivity index is 1.35. The van der Waals surface area contributed by atoms with Gasteiger partial charge < -0.3 is 9.88 Å². The number of nitrogens with zero attached hydrogens (tertiary/aromatic N) is 4. The first-order valence-corrected chi connectivity index (χ1v) is 8.98. The summed E-state index contributed by atoms with van der Waals surface area (Å²) < 4.78 is 1.79. The molecule has 0 aliphatic carbocycles. The van der Waals surface area contributed by atoms with Gasteiger partial charge in [0.2, 0.25) is 0 Å². The minimum Gasteiger partial charge on any atom is -0.342 e. The van der Waals surface area contributed by atoms with Crippen molar-refractivity contribution in [1.29, 1.82) is 0 Å². The second-order valence-corrected chi connectivity index (χ2v) is 6.73. The molecule has 1 aliphatic heterocycles. The molecule has 25 heavy (non-hydrogen) atoms. The number of aryl methyl sites for hydroxylation is 1. The van der Waals surface area contributed by atoms with Crippen LogP contribution in [0.4, 0.5) is 0 Å². The van der Waals surface area contributed by atoms with Crippen LogP contribution in [0.3, 0.4) is 0 Å². The molecule has 1 amide bonds. The fourth-order valence-corrected chi connectivity index (χ4v) is 3.55. The van der Waals surface area contributed by atoms with E-state index in [1.165, 1.54) is 0 Å². The second kappa shape index (κ2) is 6.70. The van der Waals surface area contributed by atoms with Gasteiger partial charge in [0, 0.05) is 32.3 Å². The Bertz CT molecular complexity index is 840. The van der Waals surface area contributed by atoms with Crippen LogP contribution in [0.25, 0.3) is 11.0 Å². The van der Waals surface area contributed by atoms with E-state index < -0.39 is 0 Å². The number of H-pyrrole nitrogens is 1. The maximum atomic E-state index is 12.6. The van der Waals surface area contributed by atoms with E-state index in [0.29, 0.717) is 11.5 Å². The van der Waals surface area contributed by atoms with E-state index in [1.54, 1.807) is 10.9 Å². The highest BCUT2D eigenvalue weighted by atomic mass is 16.2. The van der Waals surface area contributed by atoms with Crippen LogP contribution in [0, 0.1) is 5.92 Å². The van der Waals surface area contributed by atoms with Gasteiger partial charge in [-0.15, -0.1) is 0 Å². The maximum absolute atomic E-state index is 12.6. The molecule has 1 aliphatic rings. The minimum atomic E-state index is 0.0990. The predicted octanol–water partition coefficient (Wildman–Crippen LogP) is 2.87. The van der Waals surface area contributed by atoms with Crippen molar-refractivity contribution < 1.29 is 4.79 Å². The Morgan fingerprint density at radius 1 is 1.28 bits per heavy atom. The number of benzene rings is 1. The molecule has 0 saturated carbocycles. The number of piperidine rings is 1. The summed E-state index contributed by atoms with van der Waals surface area (Å²) in [6.07, 6.45) is 6.50. The minimum absolute atomic E-state index is 0.0990. The number of imidazole rings is 1. The van der Waals surface area contributed by atoms with Crippen LogP contribution in [0.15, 0.2) is 36.7 Å². The lowest BCUT2D eigenvalue weighted by Gasteiger charge is -2.31. The van der Waals surface area contributed by atoms with Gasteiger partial charge in [-0.25, -0.2) is 4.98 Å². The molecule has 6 heteroatoms. The van der Waals surface area contributed by atoms with E-state index in [-0.39, 0.29) is 5.91 Å². The van der Waals surface area contributed by atoms with E-state index in [9.17, 15) is 4.79 Å². The zero-order valence-electron chi connectivity index (χ0n) is 14.5. The van der Waals surface area contributed by atoms with E-state index in [4.69, 9.17) is 0 Å². The normalized spacial score (nSPS) is 15.8. The Morgan fingerprint density at radius 3 is 2.80 bits per heavy atom. The highest BCUT2D eigenvalue weighted by Crippen LogP contribution is 2.23. The lowest BCUT2D eigenvalue weighted by atomic mass is 9.93. The van der Waals surface area contributed by atoms with Crippen LogP contribution in [0.5, 0.6) is 0 Å². The number of para-hydroxylation sites is 2. The third-order valence-corrected chi connectivity index (χ3v) is 5.03. The first-order chi connectivity index (χ1) is 12.2. The van der Waals surface area contributed by atoms with E-state index in [0.717, 1.165) is 55.8 Å². The zero-order chi connectivity index (χ0) is 17.2. The summed E-state index contributed by atoms with van der Waals surface area (Å²) in [4.78, 5) is 22.6. The van der Waals surface area contributed by atoms with Crippen molar-refractivity contribution in [2.75, 3.05) is 13.1 Å². The molecule has 1 saturated heterocycles. The lowest BCUT2D eigenvalue weighted by molar-refractivity contribution is 0.0690. The van der Waals surface area contributed by atoms with Crippen molar-refractivity contribution in [2.24, 2.45) is 5.92 Å². The van der Waals surface area contributed by atoms with Gasteiger partial charge in [-0.2, -0.15) is 5.10 Å². The number of carbonyl (C=O) groups excluding carboxylic acids is 1. The van der Waals surface area contributed by atoms with Crippen molar-refractivity contribution >= 4 is 16.9 Å². The highest BCUT2D eigenvalue weighted by molar-refractivity contribution is 5.93. The molecule has 0 atom stereocenters. The summed E-state index contributed by atoms with van der Waals surface area (Å²) in [5, 5.41) is 4.20. The van der Waals surface area contributed by atoms with Crippen molar-refractivity contribution in [1.82, 2.24) is 24.6 Å². The topological polar surface area (TPSA) is 66.8 Å². The number of rotatable bonds is 4. The summed E-state index contributed by atoms with van der Waals surface area (Å²) in [5.41, 5.74) is 2.81. The summed E-state index contributed by atoms with van der Waals surface area (Å²) in [6, 6.07) is 8.13. The Kier molecular flexibility index (Phi) is 4.26. The van der Waals surface area contributed by atoms with Gasteiger partial charge in [0.1, 0.15) is 5.82 Å². The number of aromatic amines is 1. The lowest BCUT2D eigenvalue weighted by Crippen LogP contribution is -2.38. The number of aromatic nitrogens is 4. The zero-order valence-corrected chi connectivity index (χ0v) is 14.5. The molecular formula is C19H23N5O. The number of nitrogens with one attached hydrogen (secondary N) is 1. The number of hydrogen-bond acceptors (Lipinski definition) is 3. The molecule has 2 aromatic heterocycles. The highest BCUT2D eigenvalue weighted by Gasteiger charge is 2.25. The standard InChI is InChI=1S/C19H23N5O/c1-2-24-13-15(12-20-24)19(25)23-9-7-14(8-10-23)11-18-21-16-5-3-4-6-17(16)22-18/h3-6,12-14H,2,7-11H2,1H3,(H,21,22). The Hall–Kier alpha value is -2.63. The van der Waals surface area contributed by atoms with Crippen molar-refractivity contribution in [3.63, 3.8) is 0 Å². The molecule has 130 valence electrons. The second-order valence-electron chi connectivity index (χ2n) is 6.73. The number of carbonyl (C=O) groups is 1. The molecule has 0 bridgehead atoms. The van der Waals surface area contributed by atoms with Crippen molar-refractivity contribution in [2.45, 2.75) is 32.7 Å². The molecule has 1 fully saturated rings. The summed E-state index contributed by atoms with van der Waals surface area (Å²) in [7, 11) is 0. The summed E-state index contributed by atoms with van der Waals surface area (Å²) in [6.45, 7) is 4.42. The van der Waals surface area contributed by atoms with Gasteiger partial charge in [0.05, 0.1) is 22.8 Å². The number of hydrogen-bond donors (Lipinski definition) is 1. The first kappa shape index (κ1) is 15.9. The Labute approximate surface area is 146 Å². The number of amides is 1. The van der Waals surface area contributed by atoms with Crippen molar-refractivity contribution in [3.8, 4) is 0 Å². The summed E-state index contributed by atoms with van der Waals surface area (Å²) >= 11 is 0. The first-order valence-electron chi connectivity index (χ1n) is 8.98. The quantitative estimate of drug-likeness (QED) is 0.796. The van der Waals surface area contributed by atoms with Crippen LogP contribution in [-0.4, -0.2) is 43.6 Å². The molecule has 4 rings (SSSR count). The molecule has 6 nitrogen and oxygen atoms in total. The fraction of sp³-hybridized carbons (Fsp3) is 0.421. The van der Waals surface area contributed by atoms with Gasteiger partial charge in [-0.1, -0.05) is 12.1 Å². The average molecular weight is 337 g/mol. The predicted molar refractivity (Wildman–Crippen MR) is 96.3 cm³/mol. The largest absolute Gasteiger partial charge is 0.342 e. The molecule has 1 aromatic carbocycles. The fourth-order valence-electron chi connectivity index (χ4n) is 3.55. The van der Waals surface area contributed by atoms with Gasteiger partial charge >= 0.3 is 0 Å². The van der Waals surface area contributed by atoms with Gasteiger partial charge in [0.25, 0.3) is 5.91 Å². The van der Waals surface area contributed by atoms with Crippen molar-refractivity contribution in [3.05, 3.63) is 48.0 Å². The maximum Gasteiger partial charge on any atom is 0.257 e. The van der Waals surface area contributed by atoms with Gasteiger partial charge in [-0.3, -0.25) is 9.48 Å². The average Bonchev–Trinajstić information content (AvgIpc) is 3.28.